The number of hydrogen-bond acceptors (Lipinski definition) is 3. The van der Waals surface area contributed by atoms with Crippen LogP contribution in [-0.4, -0.2) is 24.1 Å². The van der Waals surface area contributed by atoms with Crippen LogP contribution in [0.25, 0.3) is 0 Å². The summed E-state index contributed by atoms with van der Waals surface area (Å²) in [6.07, 6.45) is 0.256. The highest BCUT2D eigenvalue weighted by Crippen LogP contribution is 2.20. The molecule has 0 aliphatic carbocycles. The second-order valence-corrected chi connectivity index (χ2v) is 5.06. The fraction of sp³-hybridized carbons (Fsp3) is 0.235. The number of likely N-dealkylation sites (tertiary alicyclic amines) is 1. The van der Waals surface area contributed by atoms with E-state index in [2.05, 4.69) is 35.2 Å². The Morgan fingerprint density at radius 3 is 2.40 bits per heavy atom. The average molecular weight is 264 g/mol. The van der Waals surface area contributed by atoms with E-state index in [0.29, 0.717) is 5.56 Å². The Bertz CT molecular complexity index is 595. The number of hydrogen-bond donors (Lipinski definition) is 0. The molecule has 0 atom stereocenters. The Hall–Kier alpha value is -2.31. The van der Waals surface area contributed by atoms with Crippen molar-refractivity contribution < 1.29 is 4.74 Å². The van der Waals surface area contributed by atoms with E-state index in [1.165, 1.54) is 5.56 Å². The topological polar surface area (TPSA) is 36.3 Å². The third-order valence-corrected chi connectivity index (χ3v) is 3.46. The molecular formula is C17H16N2O. The monoisotopic (exact) mass is 264 g/mol. The van der Waals surface area contributed by atoms with Crippen LogP contribution in [-0.2, 0) is 6.54 Å². The van der Waals surface area contributed by atoms with Crippen LogP contribution in [0.3, 0.4) is 0 Å². The van der Waals surface area contributed by atoms with Crippen LogP contribution in [0.5, 0.6) is 5.75 Å². The van der Waals surface area contributed by atoms with Gasteiger partial charge < -0.3 is 4.74 Å². The van der Waals surface area contributed by atoms with Gasteiger partial charge in [0.05, 0.1) is 11.6 Å². The normalized spacial score (nSPS) is 15.3. The highest BCUT2D eigenvalue weighted by Gasteiger charge is 2.28. The first-order valence-electron chi connectivity index (χ1n) is 6.76. The lowest BCUT2D eigenvalue weighted by Crippen LogP contribution is -2.53. The minimum absolute atomic E-state index is 0.256. The van der Waals surface area contributed by atoms with Crippen LogP contribution in [0.1, 0.15) is 11.1 Å². The molecule has 0 N–H and O–H groups in total. The van der Waals surface area contributed by atoms with Gasteiger partial charge in [0.2, 0.25) is 0 Å². The minimum Gasteiger partial charge on any atom is -0.488 e. The Morgan fingerprint density at radius 2 is 1.75 bits per heavy atom. The maximum absolute atomic E-state index is 8.75. The van der Waals surface area contributed by atoms with E-state index < -0.39 is 0 Å². The molecule has 1 aliphatic heterocycles. The van der Waals surface area contributed by atoms with Gasteiger partial charge in [0.1, 0.15) is 11.9 Å². The van der Waals surface area contributed by atoms with Gasteiger partial charge in [-0.05, 0) is 29.8 Å². The fourth-order valence-electron chi connectivity index (χ4n) is 2.37. The van der Waals surface area contributed by atoms with E-state index in [4.69, 9.17) is 10.00 Å². The predicted molar refractivity (Wildman–Crippen MR) is 77.3 cm³/mol. The predicted octanol–water partition coefficient (Wildman–Crippen LogP) is 2.82. The molecule has 1 aliphatic rings. The highest BCUT2D eigenvalue weighted by molar-refractivity contribution is 5.34. The van der Waals surface area contributed by atoms with E-state index in [-0.39, 0.29) is 6.10 Å². The summed E-state index contributed by atoms with van der Waals surface area (Å²) in [4.78, 5) is 2.36. The molecule has 1 saturated heterocycles. The van der Waals surface area contributed by atoms with Gasteiger partial charge in [-0.2, -0.15) is 5.26 Å². The summed E-state index contributed by atoms with van der Waals surface area (Å²) in [5.41, 5.74) is 2.00. The first kappa shape index (κ1) is 12.7. The Kier molecular flexibility index (Phi) is 3.67. The molecule has 3 rings (SSSR count). The largest absolute Gasteiger partial charge is 0.488 e. The number of ether oxygens (including phenoxy) is 1. The molecule has 0 saturated carbocycles. The quantitative estimate of drug-likeness (QED) is 0.852. The van der Waals surface area contributed by atoms with E-state index >= 15 is 0 Å². The summed E-state index contributed by atoms with van der Waals surface area (Å²) >= 11 is 0. The Balaban J connectivity index is 1.47. The second kappa shape index (κ2) is 5.77. The van der Waals surface area contributed by atoms with E-state index in [9.17, 15) is 0 Å². The van der Waals surface area contributed by atoms with Crippen LogP contribution in [0, 0.1) is 11.3 Å². The van der Waals surface area contributed by atoms with Crippen molar-refractivity contribution in [1.29, 1.82) is 5.26 Å². The minimum atomic E-state index is 0.256. The molecule has 0 bridgehead atoms. The molecule has 0 unspecified atom stereocenters. The van der Waals surface area contributed by atoms with Gasteiger partial charge in [-0.25, -0.2) is 0 Å². The zero-order chi connectivity index (χ0) is 13.8. The first-order chi connectivity index (χ1) is 9.83. The third-order valence-electron chi connectivity index (χ3n) is 3.46. The molecule has 20 heavy (non-hydrogen) atoms. The van der Waals surface area contributed by atoms with Gasteiger partial charge in [0.25, 0.3) is 0 Å². The van der Waals surface area contributed by atoms with Crippen molar-refractivity contribution in [1.82, 2.24) is 4.90 Å². The van der Waals surface area contributed by atoms with Gasteiger partial charge in [-0.1, -0.05) is 30.3 Å². The molecule has 100 valence electrons. The highest BCUT2D eigenvalue weighted by atomic mass is 16.5. The molecule has 1 fully saturated rings. The smallest absolute Gasteiger partial charge is 0.124 e. The van der Waals surface area contributed by atoms with Gasteiger partial charge in [0.15, 0.2) is 0 Å². The number of nitrogens with zero attached hydrogens (tertiary/aromatic N) is 2. The summed E-state index contributed by atoms with van der Waals surface area (Å²) in [5, 5.41) is 8.75. The fourth-order valence-corrected chi connectivity index (χ4v) is 2.37. The molecule has 3 nitrogen and oxygen atoms in total. The number of benzene rings is 2. The van der Waals surface area contributed by atoms with Crippen LogP contribution >= 0.6 is 0 Å². The summed E-state index contributed by atoms with van der Waals surface area (Å²) in [5.74, 6) is 0.841. The molecule has 2 aromatic rings. The second-order valence-electron chi connectivity index (χ2n) is 5.06. The van der Waals surface area contributed by atoms with E-state index in [1.807, 2.05) is 18.2 Å². The summed E-state index contributed by atoms with van der Waals surface area (Å²) in [6.45, 7) is 2.89. The molecule has 0 aromatic heterocycles. The van der Waals surface area contributed by atoms with E-state index in [1.54, 1.807) is 12.1 Å². The zero-order valence-corrected chi connectivity index (χ0v) is 11.2. The van der Waals surface area contributed by atoms with Crippen molar-refractivity contribution >= 4 is 0 Å². The van der Waals surface area contributed by atoms with Crippen molar-refractivity contribution in [3.8, 4) is 11.8 Å². The third kappa shape index (κ3) is 2.98. The molecule has 1 heterocycles. The first-order valence-corrected chi connectivity index (χ1v) is 6.76. The van der Waals surface area contributed by atoms with Crippen molar-refractivity contribution in [2.75, 3.05) is 13.1 Å². The Morgan fingerprint density at radius 1 is 1.05 bits per heavy atom. The van der Waals surface area contributed by atoms with Gasteiger partial charge in [-0.15, -0.1) is 0 Å². The molecular weight excluding hydrogens is 248 g/mol. The number of rotatable bonds is 4. The van der Waals surface area contributed by atoms with Gasteiger partial charge in [0, 0.05) is 19.6 Å². The lowest BCUT2D eigenvalue weighted by molar-refractivity contribution is 0.0146. The van der Waals surface area contributed by atoms with Gasteiger partial charge in [-0.3, -0.25) is 4.90 Å². The standard InChI is InChI=1S/C17H16N2O/c18-10-14-6-8-16(9-7-14)20-17-12-19(13-17)11-15-4-2-1-3-5-15/h1-9,17H,11-13H2. The summed E-state index contributed by atoms with van der Waals surface area (Å²) < 4.78 is 5.87. The summed E-state index contributed by atoms with van der Waals surface area (Å²) in [6, 6.07) is 19.9. The zero-order valence-electron chi connectivity index (χ0n) is 11.2. The lowest BCUT2D eigenvalue weighted by Gasteiger charge is -2.39. The van der Waals surface area contributed by atoms with Crippen molar-refractivity contribution in [2.24, 2.45) is 0 Å². The van der Waals surface area contributed by atoms with E-state index in [0.717, 1.165) is 25.4 Å². The average Bonchev–Trinajstić information content (AvgIpc) is 2.47. The lowest BCUT2D eigenvalue weighted by atomic mass is 10.1. The SMILES string of the molecule is N#Cc1ccc(OC2CN(Cc3ccccc3)C2)cc1. The summed E-state index contributed by atoms with van der Waals surface area (Å²) in [7, 11) is 0. The van der Waals surface area contributed by atoms with Gasteiger partial charge >= 0.3 is 0 Å². The molecule has 0 amide bonds. The van der Waals surface area contributed by atoms with Crippen LogP contribution < -0.4 is 4.74 Å². The molecule has 0 radical (unpaired) electrons. The van der Waals surface area contributed by atoms with Crippen molar-refractivity contribution in [3.05, 3.63) is 65.7 Å². The van der Waals surface area contributed by atoms with Crippen molar-refractivity contribution in [2.45, 2.75) is 12.6 Å². The van der Waals surface area contributed by atoms with Crippen molar-refractivity contribution in [3.63, 3.8) is 0 Å². The molecule has 0 spiro atoms. The maximum atomic E-state index is 8.75. The van der Waals surface area contributed by atoms with Crippen LogP contribution in [0.15, 0.2) is 54.6 Å². The molecule has 3 heteroatoms. The maximum Gasteiger partial charge on any atom is 0.124 e. The van der Waals surface area contributed by atoms with Crippen LogP contribution in [0.4, 0.5) is 0 Å². The molecule has 2 aromatic carbocycles. The Labute approximate surface area is 119 Å². The van der Waals surface area contributed by atoms with Crippen LogP contribution in [0.2, 0.25) is 0 Å². The number of nitriles is 1.